The molecule has 1 heterocycles. The quantitative estimate of drug-likeness (QED) is 0.777. The highest BCUT2D eigenvalue weighted by molar-refractivity contribution is 6.35. The zero-order chi connectivity index (χ0) is 20.1. The van der Waals surface area contributed by atoms with E-state index in [0.717, 1.165) is 30.9 Å². The molecule has 1 unspecified atom stereocenters. The van der Waals surface area contributed by atoms with Crippen molar-refractivity contribution in [1.82, 2.24) is 9.80 Å². The number of ether oxygens (including phenoxy) is 1. The highest BCUT2D eigenvalue weighted by Crippen LogP contribution is 2.22. The number of hydrogen-bond donors (Lipinski definition) is 1. The lowest BCUT2D eigenvalue weighted by molar-refractivity contribution is -0.134. The lowest BCUT2D eigenvalue weighted by Crippen LogP contribution is -2.53. The number of piperazine rings is 1. The van der Waals surface area contributed by atoms with Gasteiger partial charge in [-0.3, -0.25) is 9.69 Å². The first-order chi connectivity index (χ1) is 13.5. The van der Waals surface area contributed by atoms with E-state index in [-0.39, 0.29) is 5.91 Å². The maximum atomic E-state index is 12.7. The van der Waals surface area contributed by atoms with Crippen molar-refractivity contribution in [2.45, 2.75) is 19.0 Å². The summed E-state index contributed by atoms with van der Waals surface area (Å²) < 4.78 is 5.19. The number of carbonyl (C=O) groups excluding carboxylic acids is 1. The van der Waals surface area contributed by atoms with Crippen LogP contribution in [0.4, 0.5) is 0 Å². The van der Waals surface area contributed by atoms with E-state index in [0.29, 0.717) is 29.6 Å². The van der Waals surface area contributed by atoms with Gasteiger partial charge in [-0.1, -0.05) is 41.4 Å². The number of nitrogens with zero attached hydrogens (tertiary/aromatic N) is 2. The summed E-state index contributed by atoms with van der Waals surface area (Å²) >= 11 is 12.1. The number of amides is 1. The molecule has 1 aliphatic rings. The standard InChI is InChI=1S/C21H25Cl2N3O2/c1-28-18-6-2-15(3-7-18)14-25-8-10-26(11-9-25)21(27)20(24)12-16-4-5-17(22)13-19(16)23/h2-7,13,20H,8-12,14,24H2,1H3. The maximum Gasteiger partial charge on any atom is 0.239 e. The minimum absolute atomic E-state index is 0.0323. The largest absolute Gasteiger partial charge is 0.497 e. The van der Waals surface area contributed by atoms with Gasteiger partial charge < -0.3 is 15.4 Å². The second-order valence-electron chi connectivity index (χ2n) is 7.00. The van der Waals surface area contributed by atoms with Gasteiger partial charge in [0.1, 0.15) is 5.75 Å². The lowest BCUT2D eigenvalue weighted by atomic mass is 10.0. The zero-order valence-corrected chi connectivity index (χ0v) is 17.4. The van der Waals surface area contributed by atoms with Gasteiger partial charge in [-0.05, 0) is 41.8 Å². The molecule has 2 aromatic carbocycles. The molecular formula is C21H25Cl2N3O2. The molecule has 0 aliphatic carbocycles. The van der Waals surface area contributed by atoms with Gasteiger partial charge in [-0.15, -0.1) is 0 Å². The van der Waals surface area contributed by atoms with E-state index in [1.165, 1.54) is 5.56 Å². The van der Waals surface area contributed by atoms with Gasteiger partial charge in [0.05, 0.1) is 13.2 Å². The van der Waals surface area contributed by atoms with E-state index in [1.807, 2.05) is 23.1 Å². The van der Waals surface area contributed by atoms with Crippen LogP contribution in [-0.4, -0.2) is 55.0 Å². The van der Waals surface area contributed by atoms with E-state index in [4.69, 9.17) is 33.7 Å². The van der Waals surface area contributed by atoms with Crippen molar-refractivity contribution in [3.63, 3.8) is 0 Å². The van der Waals surface area contributed by atoms with Crippen LogP contribution in [0, 0.1) is 0 Å². The van der Waals surface area contributed by atoms with Gasteiger partial charge >= 0.3 is 0 Å². The van der Waals surface area contributed by atoms with Gasteiger partial charge in [0.2, 0.25) is 5.91 Å². The van der Waals surface area contributed by atoms with Crippen molar-refractivity contribution in [3.8, 4) is 5.75 Å². The molecule has 7 heteroatoms. The molecule has 2 aromatic rings. The second-order valence-corrected chi connectivity index (χ2v) is 7.84. The van der Waals surface area contributed by atoms with Gasteiger partial charge in [-0.2, -0.15) is 0 Å². The Morgan fingerprint density at radius 2 is 1.79 bits per heavy atom. The van der Waals surface area contributed by atoms with Gasteiger partial charge in [-0.25, -0.2) is 0 Å². The predicted molar refractivity (Wildman–Crippen MR) is 113 cm³/mol. The van der Waals surface area contributed by atoms with Crippen LogP contribution in [0.3, 0.4) is 0 Å². The summed E-state index contributed by atoms with van der Waals surface area (Å²) in [4.78, 5) is 16.9. The first-order valence-electron chi connectivity index (χ1n) is 9.30. The summed E-state index contributed by atoms with van der Waals surface area (Å²) in [5, 5.41) is 1.11. The summed E-state index contributed by atoms with van der Waals surface area (Å²) in [5.74, 6) is 0.823. The molecule has 0 saturated carbocycles. The highest BCUT2D eigenvalue weighted by atomic mass is 35.5. The van der Waals surface area contributed by atoms with Crippen LogP contribution in [0.15, 0.2) is 42.5 Å². The summed E-state index contributed by atoms with van der Waals surface area (Å²) in [6.07, 6.45) is 0.404. The molecule has 28 heavy (non-hydrogen) atoms. The molecule has 0 radical (unpaired) electrons. The number of hydrogen-bond acceptors (Lipinski definition) is 4. The monoisotopic (exact) mass is 421 g/mol. The van der Waals surface area contributed by atoms with Crippen LogP contribution in [0.2, 0.25) is 10.0 Å². The molecule has 0 aromatic heterocycles. The predicted octanol–water partition coefficient (Wildman–Crippen LogP) is 3.22. The van der Waals surface area contributed by atoms with E-state index in [2.05, 4.69) is 17.0 Å². The first kappa shape index (κ1) is 20.9. The molecule has 2 N–H and O–H groups in total. The minimum Gasteiger partial charge on any atom is -0.497 e. The number of nitrogens with two attached hydrogens (primary N) is 1. The average molecular weight is 422 g/mol. The molecule has 5 nitrogen and oxygen atoms in total. The van der Waals surface area contributed by atoms with Crippen LogP contribution < -0.4 is 10.5 Å². The van der Waals surface area contributed by atoms with Crippen LogP contribution in [0.1, 0.15) is 11.1 Å². The van der Waals surface area contributed by atoms with Crippen LogP contribution >= 0.6 is 23.2 Å². The van der Waals surface area contributed by atoms with Crippen molar-refractivity contribution in [1.29, 1.82) is 0 Å². The fourth-order valence-electron chi connectivity index (χ4n) is 3.36. The Morgan fingerprint density at radius 3 is 2.39 bits per heavy atom. The smallest absolute Gasteiger partial charge is 0.239 e. The molecule has 150 valence electrons. The molecule has 0 bridgehead atoms. The zero-order valence-electron chi connectivity index (χ0n) is 15.9. The third-order valence-electron chi connectivity index (χ3n) is 5.02. The third-order valence-corrected chi connectivity index (χ3v) is 5.61. The molecule has 1 fully saturated rings. The lowest BCUT2D eigenvalue weighted by Gasteiger charge is -2.36. The summed E-state index contributed by atoms with van der Waals surface area (Å²) in [7, 11) is 1.66. The van der Waals surface area contributed by atoms with E-state index >= 15 is 0 Å². The molecule has 1 aliphatic heterocycles. The van der Waals surface area contributed by atoms with E-state index < -0.39 is 6.04 Å². The van der Waals surface area contributed by atoms with Gasteiger partial charge in [0, 0.05) is 42.8 Å². The van der Waals surface area contributed by atoms with E-state index in [1.54, 1.807) is 19.2 Å². The molecule has 1 amide bonds. The second kappa shape index (κ2) is 9.61. The van der Waals surface area contributed by atoms with E-state index in [9.17, 15) is 4.79 Å². The summed E-state index contributed by atoms with van der Waals surface area (Å²) in [5.41, 5.74) is 8.23. The maximum absolute atomic E-state index is 12.7. The molecule has 3 rings (SSSR count). The fraction of sp³-hybridized carbons (Fsp3) is 0.381. The molecule has 0 spiro atoms. The van der Waals surface area contributed by atoms with Crippen LogP contribution in [0.25, 0.3) is 0 Å². The Kier molecular flexibility index (Phi) is 7.18. The summed E-state index contributed by atoms with van der Waals surface area (Å²) in [6, 6.07) is 12.7. The Hall–Kier alpha value is -1.79. The number of halogens is 2. The number of carbonyl (C=O) groups is 1. The summed E-state index contributed by atoms with van der Waals surface area (Å²) in [6.45, 7) is 3.87. The molecule has 1 atom stereocenters. The Morgan fingerprint density at radius 1 is 1.11 bits per heavy atom. The number of rotatable bonds is 6. The van der Waals surface area contributed by atoms with Gasteiger partial charge in [0.15, 0.2) is 0 Å². The average Bonchev–Trinajstić information content (AvgIpc) is 2.70. The van der Waals surface area contributed by atoms with Crippen LogP contribution in [-0.2, 0) is 17.8 Å². The van der Waals surface area contributed by atoms with Crippen molar-refractivity contribution in [2.75, 3.05) is 33.3 Å². The topological polar surface area (TPSA) is 58.8 Å². The Bertz CT molecular complexity index is 806. The fourth-order valence-corrected chi connectivity index (χ4v) is 3.85. The SMILES string of the molecule is COc1ccc(CN2CCN(C(=O)C(N)Cc3ccc(Cl)cc3Cl)CC2)cc1. The number of methoxy groups -OCH3 is 1. The van der Waals surface area contributed by atoms with Crippen molar-refractivity contribution >= 4 is 29.1 Å². The van der Waals surface area contributed by atoms with Crippen LogP contribution in [0.5, 0.6) is 5.75 Å². The first-order valence-corrected chi connectivity index (χ1v) is 10.1. The molecule has 1 saturated heterocycles. The van der Waals surface area contributed by atoms with Gasteiger partial charge in [0.25, 0.3) is 0 Å². The third kappa shape index (κ3) is 5.39. The van der Waals surface area contributed by atoms with Crippen molar-refractivity contribution in [2.24, 2.45) is 5.73 Å². The highest BCUT2D eigenvalue weighted by Gasteiger charge is 2.25. The van der Waals surface area contributed by atoms with Crippen molar-refractivity contribution < 1.29 is 9.53 Å². The minimum atomic E-state index is -0.605. The normalized spacial score (nSPS) is 16.1. The van der Waals surface area contributed by atoms with Crippen molar-refractivity contribution in [3.05, 3.63) is 63.6 Å². The Balaban J connectivity index is 1.49. The Labute approximate surface area is 176 Å². The number of benzene rings is 2. The molecular weight excluding hydrogens is 397 g/mol.